The average Bonchev–Trinajstić information content (AvgIpc) is 3.02. The summed E-state index contributed by atoms with van der Waals surface area (Å²) in [5, 5.41) is 3.14. The molecule has 0 amide bonds. The summed E-state index contributed by atoms with van der Waals surface area (Å²) in [4.78, 5) is 0. The molecule has 1 N–H and O–H groups in total. The lowest BCUT2D eigenvalue weighted by Gasteiger charge is -2.33. The van der Waals surface area contributed by atoms with Crippen LogP contribution >= 0.6 is 0 Å². The standard InChI is InChI=1S/C20H17F8N/c1-17(13-6-8-15(21)9-7-13)11-29-10-16(17)12-2-4-14(5-3-12)18(22,19(23,24)25)20(26,27)28/h2-9,16,29H,10-11H2,1H3/t16-,17+/m0/s1. The van der Waals surface area contributed by atoms with Crippen molar-refractivity contribution in [1.82, 2.24) is 5.32 Å². The zero-order valence-corrected chi connectivity index (χ0v) is 15.1. The molecule has 158 valence electrons. The van der Waals surface area contributed by atoms with Crippen molar-refractivity contribution in [2.45, 2.75) is 36.3 Å². The van der Waals surface area contributed by atoms with E-state index >= 15 is 0 Å². The Morgan fingerprint density at radius 1 is 0.828 bits per heavy atom. The first-order valence-electron chi connectivity index (χ1n) is 8.70. The Morgan fingerprint density at radius 2 is 1.34 bits per heavy atom. The second-order valence-electron chi connectivity index (χ2n) is 7.38. The lowest BCUT2D eigenvalue weighted by atomic mass is 9.71. The third kappa shape index (κ3) is 3.49. The van der Waals surface area contributed by atoms with E-state index in [1.165, 1.54) is 12.1 Å². The lowest BCUT2D eigenvalue weighted by Crippen LogP contribution is -2.50. The molecule has 29 heavy (non-hydrogen) atoms. The fourth-order valence-corrected chi connectivity index (χ4v) is 3.88. The van der Waals surface area contributed by atoms with Crippen LogP contribution < -0.4 is 5.32 Å². The van der Waals surface area contributed by atoms with Gasteiger partial charge in [-0.05, 0) is 23.3 Å². The molecule has 0 spiro atoms. The van der Waals surface area contributed by atoms with Gasteiger partial charge >= 0.3 is 18.0 Å². The van der Waals surface area contributed by atoms with Gasteiger partial charge in [0.1, 0.15) is 5.82 Å². The number of rotatable bonds is 3. The molecule has 2 atom stereocenters. The summed E-state index contributed by atoms with van der Waals surface area (Å²) in [6.45, 7) is 2.75. The van der Waals surface area contributed by atoms with E-state index in [1.807, 2.05) is 6.92 Å². The van der Waals surface area contributed by atoms with E-state index in [-0.39, 0.29) is 5.92 Å². The molecule has 1 aliphatic rings. The number of hydrogen-bond acceptors (Lipinski definition) is 1. The molecule has 2 aromatic rings. The minimum Gasteiger partial charge on any atom is -0.315 e. The normalized spacial score (nSPS) is 23.4. The van der Waals surface area contributed by atoms with E-state index in [0.717, 1.165) is 17.7 Å². The van der Waals surface area contributed by atoms with Crippen LogP contribution in [0.5, 0.6) is 0 Å². The summed E-state index contributed by atoms with van der Waals surface area (Å²) in [5.41, 5.74) is -6.32. The van der Waals surface area contributed by atoms with Gasteiger partial charge in [0.2, 0.25) is 0 Å². The van der Waals surface area contributed by atoms with E-state index in [1.54, 1.807) is 12.1 Å². The highest BCUT2D eigenvalue weighted by atomic mass is 19.4. The molecule has 1 aliphatic heterocycles. The van der Waals surface area contributed by atoms with Crippen molar-refractivity contribution >= 4 is 0 Å². The van der Waals surface area contributed by atoms with E-state index < -0.39 is 34.8 Å². The van der Waals surface area contributed by atoms with Crippen molar-refractivity contribution in [3.05, 3.63) is 71.0 Å². The van der Waals surface area contributed by atoms with Gasteiger partial charge in [-0.1, -0.05) is 43.3 Å². The highest BCUT2D eigenvalue weighted by molar-refractivity contribution is 5.39. The Labute approximate surface area is 161 Å². The molecule has 9 heteroatoms. The molecule has 1 fully saturated rings. The molecule has 0 aliphatic carbocycles. The van der Waals surface area contributed by atoms with Crippen molar-refractivity contribution in [3.8, 4) is 0 Å². The summed E-state index contributed by atoms with van der Waals surface area (Å²) in [6.07, 6.45) is -12.3. The summed E-state index contributed by atoms with van der Waals surface area (Å²) >= 11 is 0. The second-order valence-corrected chi connectivity index (χ2v) is 7.38. The monoisotopic (exact) mass is 423 g/mol. The fourth-order valence-electron chi connectivity index (χ4n) is 3.88. The zero-order valence-electron chi connectivity index (χ0n) is 15.1. The van der Waals surface area contributed by atoms with Crippen LogP contribution in [0.4, 0.5) is 35.1 Å². The number of nitrogens with one attached hydrogen (secondary N) is 1. The van der Waals surface area contributed by atoms with E-state index in [4.69, 9.17) is 0 Å². The minimum absolute atomic E-state index is 0.312. The molecule has 0 bridgehead atoms. The van der Waals surface area contributed by atoms with Crippen LogP contribution in [0.15, 0.2) is 48.5 Å². The average molecular weight is 423 g/mol. The molecule has 0 radical (unpaired) electrons. The number of alkyl halides is 7. The van der Waals surface area contributed by atoms with Crippen LogP contribution in [0.3, 0.4) is 0 Å². The highest BCUT2D eigenvalue weighted by Gasteiger charge is 2.73. The summed E-state index contributed by atoms with van der Waals surface area (Å²) < 4.78 is 105. The van der Waals surface area contributed by atoms with Crippen LogP contribution in [-0.2, 0) is 11.1 Å². The molecule has 1 heterocycles. The first kappa shape index (κ1) is 21.5. The lowest BCUT2D eigenvalue weighted by molar-refractivity contribution is -0.348. The summed E-state index contributed by atoms with van der Waals surface area (Å²) in [7, 11) is 0. The fraction of sp³-hybridized carbons (Fsp3) is 0.400. The summed E-state index contributed by atoms with van der Waals surface area (Å²) in [5.74, 6) is -0.740. The molecule has 1 nitrogen and oxygen atoms in total. The largest absolute Gasteiger partial charge is 0.435 e. The zero-order chi connectivity index (χ0) is 21.7. The Hall–Kier alpha value is -2.16. The van der Waals surface area contributed by atoms with Gasteiger partial charge in [0.05, 0.1) is 0 Å². The van der Waals surface area contributed by atoms with Gasteiger partial charge in [0.25, 0.3) is 0 Å². The third-order valence-electron chi connectivity index (χ3n) is 5.61. The number of hydrogen-bond donors (Lipinski definition) is 1. The van der Waals surface area contributed by atoms with Gasteiger partial charge < -0.3 is 5.32 Å². The van der Waals surface area contributed by atoms with Crippen LogP contribution in [0.2, 0.25) is 0 Å². The molecule has 3 rings (SSSR count). The maximum Gasteiger partial charge on any atom is 0.435 e. The van der Waals surface area contributed by atoms with E-state index in [9.17, 15) is 35.1 Å². The Balaban J connectivity index is 1.98. The van der Waals surface area contributed by atoms with Crippen molar-refractivity contribution in [2.24, 2.45) is 0 Å². The second kappa shape index (κ2) is 6.97. The molecule has 2 aromatic carbocycles. The van der Waals surface area contributed by atoms with Crippen LogP contribution in [0, 0.1) is 5.82 Å². The predicted molar refractivity (Wildman–Crippen MR) is 90.7 cm³/mol. The Bertz CT molecular complexity index is 840. The van der Waals surface area contributed by atoms with Crippen molar-refractivity contribution in [3.63, 3.8) is 0 Å². The quantitative estimate of drug-likeness (QED) is 0.619. The van der Waals surface area contributed by atoms with Gasteiger partial charge in [0, 0.05) is 30.0 Å². The molecule has 0 saturated carbocycles. The smallest absolute Gasteiger partial charge is 0.315 e. The maximum atomic E-state index is 14.2. The molecule has 0 unspecified atom stereocenters. The van der Waals surface area contributed by atoms with Gasteiger partial charge in [-0.2, -0.15) is 26.3 Å². The first-order chi connectivity index (χ1) is 13.3. The minimum atomic E-state index is -6.15. The van der Waals surface area contributed by atoms with Gasteiger partial charge in [-0.25, -0.2) is 8.78 Å². The van der Waals surface area contributed by atoms with Gasteiger partial charge in [-0.3, -0.25) is 0 Å². The topological polar surface area (TPSA) is 12.0 Å². The van der Waals surface area contributed by atoms with Crippen LogP contribution in [-0.4, -0.2) is 25.4 Å². The number of halogens is 8. The first-order valence-corrected chi connectivity index (χ1v) is 8.70. The van der Waals surface area contributed by atoms with Crippen molar-refractivity contribution < 1.29 is 35.1 Å². The van der Waals surface area contributed by atoms with Crippen molar-refractivity contribution in [1.29, 1.82) is 0 Å². The summed E-state index contributed by atoms with van der Waals surface area (Å²) in [6, 6.07) is 8.96. The maximum absolute atomic E-state index is 14.2. The molecule has 1 saturated heterocycles. The van der Waals surface area contributed by atoms with E-state index in [2.05, 4.69) is 5.32 Å². The Kier molecular flexibility index (Phi) is 5.18. The molecule has 0 aromatic heterocycles. The predicted octanol–water partition coefficient (Wildman–Crippen LogP) is 5.76. The molecular formula is C20H17F8N. The van der Waals surface area contributed by atoms with Gasteiger partial charge in [-0.15, -0.1) is 0 Å². The van der Waals surface area contributed by atoms with Crippen LogP contribution in [0.25, 0.3) is 0 Å². The SMILES string of the molecule is C[C@]1(c2ccc(F)cc2)CNC[C@H]1c1ccc(C(F)(C(F)(F)F)C(F)(F)F)cc1. The Morgan fingerprint density at radius 3 is 1.83 bits per heavy atom. The van der Waals surface area contributed by atoms with Crippen LogP contribution in [0.1, 0.15) is 29.5 Å². The molecular weight excluding hydrogens is 406 g/mol. The van der Waals surface area contributed by atoms with Gasteiger partial charge in [0.15, 0.2) is 0 Å². The number of benzene rings is 2. The van der Waals surface area contributed by atoms with E-state index in [0.29, 0.717) is 30.8 Å². The third-order valence-corrected chi connectivity index (χ3v) is 5.61. The highest BCUT2D eigenvalue weighted by Crippen LogP contribution is 2.53. The van der Waals surface area contributed by atoms with Crippen molar-refractivity contribution in [2.75, 3.05) is 13.1 Å².